The van der Waals surface area contributed by atoms with Crippen molar-refractivity contribution in [1.82, 2.24) is 0 Å². The molecule has 0 radical (unpaired) electrons. The molecule has 0 saturated carbocycles. The number of nitrogen functional groups attached to an aromatic ring is 1. The summed E-state index contributed by atoms with van der Waals surface area (Å²) >= 11 is 0. The lowest BCUT2D eigenvalue weighted by Gasteiger charge is -2.22. The molecule has 0 heterocycles. The molecule has 2 rings (SSSR count). The van der Waals surface area contributed by atoms with Crippen LogP contribution in [0.25, 0.3) is 0 Å². The summed E-state index contributed by atoms with van der Waals surface area (Å²) in [4.78, 5) is 14.3. The summed E-state index contributed by atoms with van der Waals surface area (Å²) in [5, 5.41) is 0. The van der Waals surface area contributed by atoms with Crippen LogP contribution in [-0.2, 0) is 0 Å². The summed E-state index contributed by atoms with van der Waals surface area (Å²) in [5.74, 6) is 0.0815. The predicted octanol–water partition coefficient (Wildman–Crippen LogP) is 2.98. The molecule has 2 aromatic carbocycles. The third-order valence-electron chi connectivity index (χ3n) is 3.05. The standard InChI is InChI=1S/C16H18N2O/c1-2-18(15-9-4-3-5-10-15)12-16(19)13-7-6-8-14(17)11-13/h3-11H,2,12,17H2,1H3. The van der Waals surface area contributed by atoms with Crippen molar-refractivity contribution in [2.24, 2.45) is 0 Å². The van der Waals surface area contributed by atoms with Crippen molar-refractivity contribution in [3.05, 3.63) is 60.2 Å². The molecule has 3 heteroatoms. The number of rotatable bonds is 5. The summed E-state index contributed by atoms with van der Waals surface area (Å²) in [5.41, 5.74) is 8.04. The van der Waals surface area contributed by atoms with Gasteiger partial charge >= 0.3 is 0 Å². The molecule has 0 aliphatic rings. The molecule has 0 aromatic heterocycles. The second-order valence-electron chi connectivity index (χ2n) is 4.40. The van der Waals surface area contributed by atoms with Crippen LogP contribution >= 0.6 is 0 Å². The lowest BCUT2D eigenvalue weighted by Crippen LogP contribution is -2.29. The zero-order chi connectivity index (χ0) is 13.7. The Morgan fingerprint density at radius 3 is 2.47 bits per heavy atom. The molecule has 0 atom stereocenters. The van der Waals surface area contributed by atoms with Crippen molar-refractivity contribution in [2.75, 3.05) is 23.7 Å². The molecule has 0 amide bonds. The Morgan fingerprint density at radius 2 is 1.84 bits per heavy atom. The Labute approximate surface area is 113 Å². The maximum Gasteiger partial charge on any atom is 0.182 e. The highest BCUT2D eigenvalue weighted by Crippen LogP contribution is 2.14. The molecule has 0 fully saturated rings. The van der Waals surface area contributed by atoms with E-state index in [0.717, 1.165) is 12.2 Å². The molecule has 0 unspecified atom stereocenters. The molecule has 0 aliphatic heterocycles. The molecule has 0 spiro atoms. The Bertz CT molecular complexity index is 552. The van der Waals surface area contributed by atoms with Gasteiger partial charge in [-0.3, -0.25) is 4.79 Å². The van der Waals surface area contributed by atoms with E-state index in [1.807, 2.05) is 42.2 Å². The Hall–Kier alpha value is -2.29. The number of hydrogen-bond donors (Lipinski definition) is 1. The molecule has 0 aliphatic carbocycles. The lowest BCUT2D eigenvalue weighted by molar-refractivity contribution is 0.0999. The number of carbonyl (C=O) groups excluding carboxylic acids is 1. The fourth-order valence-electron chi connectivity index (χ4n) is 2.00. The zero-order valence-electron chi connectivity index (χ0n) is 11.0. The number of nitrogens with zero attached hydrogens (tertiary/aromatic N) is 1. The molecule has 3 nitrogen and oxygen atoms in total. The van der Waals surface area contributed by atoms with Crippen LogP contribution in [0.5, 0.6) is 0 Å². The molecule has 2 aromatic rings. The van der Waals surface area contributed by atoms with E-state index >= 15 is 0 Å². The van der Waals surface area contributed by atoms with Crippen LogP contribution in [-0.4, -0.2) is 18.9 Å². The van der Waals surface area contributed by atoms with Gasteiger partial charge in [0, 0.05) is 23.5 Å². The second kappa shape index (κ2) is 6.05. The van der Waals surface area contributed by atoms with Crippen LogP contribution in [0.15, 0.2) is 54.6 Å². The number of para-hydroxylation sites is 1. The SMILES string of the molecule is CCN(CC(=O)c1cccc(N)c1)c1ccccc1. The summed E-state index contributed by atoms with van der Waals surface area (Å²) in [6.45, 7) is 3.20. The molecular weight excluding hydrogens is 236 g/mol. The van der Waals surface area contributed by atoms with Gasteiger partial charge in [-0.1, -0.05) is 30.3 Å². The number of nitrogens with two attached hydrogens (primary N) is 1. The normalized spacial score (nSPS) is 10.2. The number of carbonyl (C=O) groups is 1. The van der Waals surface area contributed by atoms with Gasteiger partial charge in [0.1, 0.15) is 0 Å². The fraction of sp³-hybridized carbons (Fsp3) is 0.188. The van der Waals surface area contributed by atoms with Gasteiger partial charge in [0.05, 0.1) is 6.54 Å². The summed E-state index contributed by atoms with van der Waals surface area (Å²) in [6.07, 6.45) is 0. The van der Waals surface area contributed by atoms with Gasteiger partial charge in [0.2, 0.25) is 0 Å². The average Bonchev–Trinajstić information content (AvgIpc) is 2.45. The van der Waals surface area contributed by atoms with Gasteiger partial charge in [-0.05, 0) is 31.2 Å². The van der Waals surface area contributed by atoms with Crippen LogP contribution in [0.2, 0.25) is 0 Å². The largest absolute Gasteiger partial charge is 0.399 e. The van der Waals surface area contributed by atoms with Crippen LogP contribution in [0.3, 0.4) is 0 Å². The topological polar surface area (TPSA) is 46.3 Å². The van der Waals surface area contributed by atoms with Gasteiger partial charge in [-0.25, -0.2) is 0 Å². The maximum atomic E-state index is 12.2. The van der Waals surface area contributed by atoms with E-state index in [1.165, 1.54) is 0 Å². The third-order valence-corrected chi connectivity index (χ3v) is 3.05. The summed E-state index contributed by atoms with van der Waals surface area (Å²) < 4.78 is 0. The molecule has 19 heavy (non-hydrogen) atoms. The van der Waals surface area contributed by atoms with E-state index < -0.39 is 0 Å². The number of anilines is 2. The third kappa shape index (κ3) is 3.35. The van der Waals surface area contributed by atoms with E-state index in [0.29, 0.717) is 17.8 Å². The minimum Gasteiger partial charge on any atom is -0.399 e. The van der Waals surface area contributed by atoms with Crippen LogP contribution in [0.4, 0.5) is 11.4 Å². The first kappa shape index (κ1) is 13.1. The minimum absolute atomic E-state index is 0.0815. The first-order chi connectivity index (χ1) is 9.20. The van der Waals surface area contributed by atoms with Crippen LogP contribution < -0.4 is 10.6 Å². The van der Waals surface area contributed by atoms with Gasteiger partial charge in [-0.15, -0.1) is 0 Å². The number of Topliss-reactive ketones (excluding diaryl/α,β-unsaturated/α-hetero) is 1. The van der Waals surface area contributed by atoms with E-state index in [-0.39, 0.29) is 5.78 Å². The fourth-order valence-corrected chi connectivity index (χ4v) is 2.00. The van der Waals surface area contributed by atoms with Gasteiger partial charge in [-0.2, -0.15) is 0 Å². The zero-order valence-corrected chi connectivity index (χ0v) is 11.0. The van der Waals surface area contributed by atoms with Crippen molar-refractivity contribution in [3.8, 4) is 0 Å². The summed E-state index contributed by atoms with van der Waals surface area (Å²) in [6, 6.07) is 17.1. The maximum absolute atomic E-state index is 12.2. The number of likely N-dealkylation sites (N-methyl/N-ethyl adjacent to an activating group) is 1. The molecule has 0 bridgehead atoms. The lowest BCUT2D eigenvalue weighted by atomic mass is 10.1. The minimum atomic E-state index is 0.0815. The van der Waals surface area contributed by atoms with Crippen molar-refractivity contribution in [1.29, 1.82) is 0 Å². The average molecular weight is 254 g/mol. The molecule has 98 valence electrons. The van der Waals surface area contributed by atoms with Crippen molar-refractivity contribution < 1.29 is 4.79 Å². The second-order valence-corrected chi connectivity index (χ2v) is 4.40. The van der Waals surface area contributed by atoms with Crippen molar-refractivity contribution in [2.45, 2.75) is 6.92 Å². The van der Waals surface area contributed by atoms with E-state index in [1.54, 1.807) is 24.3 Å². The highest BCUT2D eigenvalue weighted by molar-refractivity contribution is 5.99. The Kier molecular flexibility index (Phi) is 4.18. The molecule has 0 saturated heterocycles. The van der Waals surface area contributed by atoms with E-state index in [9.17, 15) is 4.79 Å². The van der Waals surface area contributed by atoms with Crippen molar-refractivity contribution >= 4 is 17.2 Å². The van der Waals surface area contributed by atoms with Gasteiger partial charge < -0.3 is 10.6 Å². The van der Waals surface area contributed by atoms with Gasteiger partial charge in [0.15, 0.2) is 5.78 Å². The first-order valence-electron chi connectivity index (χ1n) is 6.39. The smallest absolute Gasteiger partial charge is 0.182 e. The van der Waals surface area contributed by atoms with Crippen LogP contribution in [0, 0.1) is 0 Å². The number of benzene rings is 2. The molecular formula is C16H18N2O. The monoisotopic (exact) mass is 254 g/mol. The number of hydrogen-bond acceptors (Lipinski definition) is 3. The first-order valence-corrected chi connectivity index (χ1v) is 6.39. The predicted molar refractivity (Wildman–Crippen MR) is 79.5 cm³/mol. The van der Waals surface area contributed by atoms with Crippen LogP contribution in [0.1, 0.15) is 17.3 Å². The van der Waals surface area contributed by atoms with Crippen molar-refractivity contribution in [3.63, 3.8) is 0 Å². The highest BCUT2D eigenvalue weighted by atomic mass is 16.1. The highest BCUT2D eigenvalue weighted by Gasteiger charge is 2.11. The Morgan fingerprint density at radius 1 is 1.11 bits per heavy atom. The number of ketones is 1. The molecule has 2 N–H and O–H groups in total. The van der Waals surface area contributed by atoms with E-state index in [4.69, 9.17) is 5.73 Å². The Balaban J connectivity index is 2.13. The summed E-state index contributed by atoms with van der Waals surface area (Å²) in [7, 11) is 0. The van der Waals surface area contributed by atoms with Gasteiger partial charge in [0.25, 0.3) is 0 Å². The van der Waals surface area contributed by atoms with E-state index in [2.05, 4.69) is 0 Å². The quantitative estimate of drug-likeness (QED) is 0.659.